The molecule has 1 aliphatic rings. The van der Waals surface area contributed by atoms with E-state index in [1.807, 2.05) is 11.8 Å². The lowest BCUT2D eigenvalue weighted by molar-refractivity contribution is 0.779. The highest BCUT2D eigenvalue weighted by Crippen LogP contribution is 2.32. The molecule has 2 aromatic carbocycles. The van der Waals surface area contributed by atoms with Gasteiger partial charge in [0.15, 0.2) is 0 Å². The minimum Gasteiger partial charge on any atom is -0.161 e. The second-order valence-electron chi connectivity index (χ2n) is 6.13. The molecular formula is C21H24S. The molecule has 0 heterocycles. The Bertz CT molecular complexity index is 665. The van der Waals surface area contributed by atoms with Crippen LogP contribution >= 0.6 is 11.8 Å². The summed E-state index contributed by atoms with van der Waals surface area (Å²) in [6.07, 6.45) is 9.54. The molecule has 0 aromatic heterocycles. The summed E-state index contributed by atoms with van der Waals surface area (Å²) in [5.41, 5.74) is 8.60. The predicted molar refractivity (Wildman–Crippen MR) is 100 cm³/mol. The normalized spacial score (nSPS) is 13.1. The van der Waals surface area contributed by atoms with Crippen LogP contribution in [-0.2, 0) is 12.2 Å². The lowest BCUT2D eigenvalue weighted by Gasteiger charge is -2.07. The number of unbranched alkanes of at least 4 members (excludes halogenated alkanes) is 1. The largest absolute Gasteiger partial charge is 0.161 e. The summed E-state index contributed by atoms with van der Waals surface area (Å²) in [5.74, 6) is 1.09. The monoisotopic (exact) mass is 308 g/mol. The Labute approximate surface area is 138 Å². The fourth-order valence-corrected chi connectivity index (χ4v) is 3.65. The lowest BCUT2D eigenvalue weighted by Crippen LogP contribution is -1.88. The Balaban J connectivity index is 1.77. The molecule has 0 saturated heterocycles. The van der Waals surface area contributed by atoms with Crippen LogP contribution < -0.4 is 0 Å². The third-order valence-electron chi connectivity index (χ3n) is 4.37. The topological polar surface area (TPSA) is 0 Å². The molecular weight excluding hydrogens is 284 g/mol. The van der Waals surface area contributed by atoms with Crippen LogP contribution in [0, 0.1) is 0 Å². The average Bonchev–Trinajstić information content (AvgIpc) is 2.96. The molecule has 114 valence electrons. The maximum atomic E-state index is 2.40. The molecule has 0 unspecified atom stereocenters. The molecule has 0 amide bonds. The minimum atomic E-state index is 1.09. The maximum absolute atomic E-state index is 2.40. The number of hydrogen-bond acceptors (Lipinski definition) is 1. The zero-order valence-corrected chi connectivity index (χ0v) is 14.4. The Morgan fingerprint density at radius 1 is 1.00 bits per heavy atom. The second kappa shape index (κ2) is 7.19. The summed E-state index contributed by atoms with van der Waals surface area (Å²) in [5, 5.41) is 0. The number of thioether (sulfide) groups is 1. The van der Waals surface area contributed by atoms with E-state index in [4.69, 9.17) is 0 Å². The standard InChI is InChI=1S/C21H24S/c1-3-4-5-17-12-19-10-11-20(14-21(19)13-17)18-8-6-16(7-9-18)15-22-2/h6-12,14H,3-5,13,15H2,1-2H3. The van der Waals surface area contributed by atoms with Crippen LogP contribution in [0.4, 0.5) is 0 Å². The fourth-order valence-electron chi connectivity index (χ4n) is 3.12. The van der Waals surface area contributed by atoms with E-state index in [0.717, 1.165) is 12.2 Å². The number of rotatable bonds is 6. The third kappa shape index (κ3) is 3.47. The van der Waals surface area contributed by atoms with Gasteiger partial charge in [-0.25, -0.2) is 0 Å². The lowest BCUT2D eigenvalue weighted by atomic mass is 9.99. The van der Waals surface area contributed by atoms with Crippen LogP contribution in [0.3, 0.4) is 0 Å². The van der Waals surface area contributed by atoms with E-state index in [9.17, 15) is 0 Å². The van der Waals surface area contributed by atoms with Gasteiger partial charge >= 0.3 is 0 Å². The summed E-state index contributed by atoms with van der Waals surface area (Å²) < 4.78 is 0. The third-order valence-corrected chi connectivity index (χ3v) is 4.99. The first kappa shape index (κ1) is 15.4. The minimum absolute atomic E-state index is 1.09. The van der Waals surface area contributed by atoms with E-state index in [1.165, 1.54) is 47.1 Å². The average molecular weight is 308 g/mol. The number of fused-ring (bicyclic) bond motifs is 1. The van der Waals surface area contributed by atoms with Crippen LogP contribution in [-0.4, -0.2) is 6.26 Å². The van der Waals surface area contributed by atoms with Gasteiger partial charge in [0.05, 0.1) is 0 Å². The summed E-state index contributed by atoms with van der Waals surface area (Å²) in [4.78, 5) is 0. The fraction of sp³-hybridized carbons (Fsp3) is 0.333. The molecule has 0 nitrogen and oxygen atoms in total. The van der Waals surface area contributed by atoms with Gasteiger partial charge in [-0.3, -0.25) is 0 Å². The van der Waals surface area contributed by atoms with Crippen molar-refractivity contribution in [2.24, 2.45) is 0 Å². The molecule has 0 bridgehead atoms. The van der Waals surface area contributed by atoms with Gasteiger partial charge in [-0.2, -0.15) is 11.8 Å². The van der Waals surface area contributed by atoms with Crippen LogP contribution in [0.5, 0.6) is 0 Å². The van der Waals surface area contributed by atoms with E-state index in [0.29, 0.717) is 0 Å². The smallest absolute Gasteiger partial charge is 0.0181 e. The zero-order chi connectivity index (χ0) is 15.4. The molecule has 3 rings (SSSR count). The Morgan fingerprint density at radius 2 is 1.77 bits per heavy atom. The van der Waals surface area contributed by atoms with Gasteiger partial charge in [0.2, 0.25) is 0 Å². The van der Waals surface area contributed by atoms with Gasteiger partial charge in [0, 0.05) is 5.75 Å². The SMILES string of the molecule is CCCCC1=Cc2ccc(-c3ccc(CSC)cc3)cc2C1. The molecule has 0 radical (unpaired) electrons. The van der Waals surface area contributed by atoms with Crippen molar-refractivity contribution in [3.63, 3.8) is 0 Å². The zero-order valence-electron chi connectivity index (χ0n) is 13.6. The summed E-state index contributed by atoms with van der Waals surface area (Å²) >= 11 is 1.87. The number of allylic oxidation sites excluding steroid dienone is 1. The van der Waals surface area contributed by atoms with Gasteiger partial charge in [-0.1, -0.05) is 67.5 Å². The summed E-state index contributed by atoms with van der Waals surface area (Å²) in [7, 11) is 0. The molecule has 0 atom stereocenters. The predicted octanol–water partition coefficient (Wildman–Crippen LogP) is 6.35. The highest BCUT2D eigenvalue weighted by Gasteiger charge is 2.13. The number of hydrogen-bond donors (Lipinski definition) is 0. The summed E-state index contributed by atoms with van der Waals surface area (Å²) in [6, 6.07) is 16.0. The van der Waals surface area contributed by atoms with Crippen molar-refractivity contribution < 1.29 is 0 Å². The molecule has 0 spiro atoms. The van der Waals surface area contributed by atoms with Gasteiger partial charge in [-0.15, -0.1) is 0 Å². The summed E-state index contributed by atoms with van der Waals surface area (Å²) in [6.45, 7) is 2.27. The van der Waals surface area contributed by atoms with Gasteiger partial charge in [0.25, 0.3) is 0 Å². The molecule has 22 heavy (non-hydrogen) atoms. The first-order chi connectivity index (χ1) is 10.8. The number of benzene rings is 2. The van der Waals surface area contributed by atoms with E-state index in [2.05, 4.69) is 61.7 Å². The second-order valence-corrected chi connectivity index (χ2v) is 6.99. The Kier molecular flexibility index (Phi) is 5.04. The maximum Gasteiger partial charge on any atom is 0.0181 e. The van der Waals surface area contributed by atoms with Crippen molar-refractivity contribution in [1.29, 1.82) is 0 Å². The van der Waals surface area contributed by atoms with Crippen LogP contribution in [0.1, 0.15) is 42.9 Å². The molecule has 0 fully saturated rings. The molecule has 0 aliphatic heterocycles. The van der Waals surface area contributed by atoms with Crippen LogP contribution in [0.2, 0.25) is 0 Å². The first-order valence-electron chi connectivity index (χ1n) is 8.20. The van der Waals surface area contributed by atoms with Gasteiger partial charge in [0.1, 0.15) is 0 Å². The van der Waals surface area contributed by atoms with Gasteiger partial charge < -0.3 is 0 Å². The van der Waals surface area contributed by atoms with Gasteiger partial charge in [-0.05, 0) is 53.3 Å². The van der Waals surface area contributed by atoms with E-state index < -0.39 is 0 Å². The first-order valence-corrected chi connectivity index (χ1v) is 9.60. The van der Waals surface area contributed by atoms with Crippen molar-refractivity contribution in [1.82, 2.24) is 0 Å². The highest BCUT2D eigenvalue weighted by molar-refractivity contribution is 7.97. The molecule has 1 heteroatoms. The molecule has 1 aliphatic carbocycles. The highest BCUT2D eigenvalue weighted by atomic mass is 32.2. The van der Waals surface area contributed by atoms with Crippen LogP contribution in [0.25, 0.3) is 17.2 Å². The molecule has 0 N–H and O–H groups in total. The van der Waals surface area contributed by atoms with E-state index in [1.54, 1.807) is 5.57 Å². The van der Waals surface area contributed by atoms with Crippen molar-refractivity contribution in [2.45, 2.75) is 38.4 Å². The Morgan fingerprint density at radius 3 is 2.50 bits per heavy atom. The molecule has 2 aromatic rings. The van der Waals surface area contributed by atoms with Crippen molar-refractivity contribution >= 4 is 17.8 Å². The molecule has 0 saturated carbocycles. The van der Waals surface area contributed by atoms with E-state index >= 15 is 0 Å². The van der Waals surface area contributed by atoms with Crippen molar-refractivity contribution in [2.75, 3.05) is 6.26 Å². The van der Waals surface area contributed by atoms with Crippen LogP contribution in [0.15, 0.2) is 48.0 Å². The van der Waals surface area contributed by atoms with Crippen molar-refractivity contribution in [3.8, 4) is 11.1 Å². The quantitative estimate of drug-likeness (QED) is 0.599. The van der Waals surface area contributed by atoms with Crippen molar-refractivity contribution in [3.05, 3.63) is 64.7 Å². The van der Waals surface area contributed by atoms with E-state index in [-0.39, 0.29) is 0 Å². The Hall–Kier alpha value is -1.47.